The predicted molar refractivity (Wildman–Crippen MR) is 81.8 cm³/mol. The van der Waals surface area contributed by atoms with Crippen LogP contribution < -0.4 is 5.32 Å². The van der Waals surface area contributed by atoms with E-state index in [4.69, 9.17) is 0 Å². The average Bonchev–Trinajstić information content (AvgIpc) is 2.69. The molecule has 0 aliphatic rings. The Morgan fingerprint density at radius 1 is 1.33 bits per heavy atom. The molecule has 0 fully saturated rings. The van der Waals surface area contributed by atoms with Crippen LogP contribution in [0.4, 0.5) is 5.69 Å². The highest BCUT2D eigenvalue weighted by Gasteiger charge is 2.12. The number of rotatable bonds is 4. The lowest BCUT2D eigenvalue weighted by atomic mass is 10.2. The molecule has 4 heteroatoms. The summed E-state index contributed by atoms with van der Waals surface area (Å²) in [6.07, 6.45) is 2.10. The number of thioether (sulfide) groups is 1. The summed E-state index contributed by atoms with van der Waals surface area (Å²) in [5.41, 5.74) is 2.30. The van der Waals surface area contributed by atoms with E-state index >= 15 is 0 Å². The number of aryl methyl sites for hydroxylation is 2. The fourth-order valence-electron chi connectivity index (χ4n) is 1.98. The van der Waals surface area contributed by atoms with Gasteiger partial charge in [-0.1, -0.05) is 6.07 Å². The van der Waals surface area contributed by atoms with E-state index in [-0.39, 0.29) is 0 Å². The van der Waals surface area contributed by atoms with Crippen LogP contribution in [0.3, 0.4) is 0 Å². The Morgan fingerprint density at radius 3 is 2.72 bits per heavy atom. The van der Waals surface area contributed by atoms with E-state index in [1.807, 2.05) is 0 Å². The molecule has 0 saturated heterocycles. The maximum atomic E-state index is 4.48. The first kappa shape index (κ1) is 13.4. The van der Waals surface area contributed by atoms with Gasteiger partial charge >= 0.3 is 0 Å². The Kier molecular flexibility index (Phi) is 4.30. The quantitative estimate of drug-likeness (QED) is 0.824. The first-order valence-electron chi connectivity index (χ1n) is 5.94. The van der Waals surface area contributed by atoms with Crippen LogP contribution in [0.2, 0.25) is 0 Å². The minimum Gasteiger partial charge on any atom is -0.378 e. The summed E-state index contributed by atoms with van der Waals surface area (Å²) >= 11 is 3.54. The summed E-state index contributed by atoms with van der Waals surface area (Å²) in [7, 11) is 0. The Bertz CT molecular complexity index is 534. The van der Waals surface area contributed by atoms with Crippen LogP contribution in [0.5, 0.6) is 0 Å². The third kappa shape index (κ3) is 3.06. The lowest BCUT2D eigenvalue weighted by Gasteiger charge is -2.14. The van der Waals surface area contributed by atoms with Gasteiger partial charge in [0.25, 0.3) is 0 Å². The second-order valence-corrected chi connectivity index (χ2v) is 6.39. The van der Waals surface area contributed by atoms with Gasteiger partial charge in [-0.25, -0.2) is 4.98 Å². The highest BCUT2D eigenvalue weighted by molar-refractivity contribution is 7.98. The molecular weight excluding hydrogens is 260 g/mol. The van der Waals surface area contributed by atoms with Crippen molar-refractivity contribution >= 4 is 28.8 Å². The van der Waals surface area contributed by atoms with E-state index in [1.165, 1.54) is 15.5 Å². The number of nitrogens with one attached hydrogen (secondary N) is 1. The summed E-state index contributed by atoms with van der Waals surface area (Å²) < 4.78 is 0. The number of nitrogens with zero attached hydrogens (tertiary/aromatic N) is 1. The van der Waals surface area contributed by atoms with E-state index in [9.17, 15) is 0 Å². The zero-order chi connectivity index (χ0) is 13.1. The lowest BCUT2D eigenvalue weighted by Crippen LogP contribution is -2.06. The average molecular weight is 278 g/mol. The molecule has 1 atom stereocenters. The highest BCUT2D eigenvalue weighted by Crippen LogP contribution is 2.28. The molecule has 0 saturated carbocycles. The van der Waals surface area contributed by atoms with Gasteiger partial charge in [0, 0.05) is 15.5 Å². The molecular formula is C14H18N2S2. The molecule has 0 spiro atoms. The molecule has 18 heavy (non-hydrogen) atoms. The van der Waals surface area contributed by atoms with Crippen LogP contribution in [0.25, 0.3) is 0 Å². The van der Waals surface area contributed by atoms with Crippen molar-refractivity contribution in [2.45, 2.75) is 31.7 Å². The first-order valence-corrected chi connectivity index (χ1v) is 7.99. The van der Waals surface area contributed by atoms with Crippen molar-refractivity contribution in [3.05, 3.63) is 39.8 Å². The molecule has 0 bridgehead atoms. The molecule has 1 aromatic heterocycles. The van der Waals surface area contributed by atoms with Gasteiger partial charge in [0.2, 0.25) is 0 Å². The summed E-state index contributed by atoms with van der Waals surface area (Å²) in [5, 5.41) is 4.68. The zero-order valence-electron chi connectivity index (χ0n) is 11.2. The van der Waals surface area contributed by atoms with Gasteiger partial charge in [-0.05, 0) is 45.2 Å². The second kappa shape index (κ2) is 5.76. The standard InChI is InChI=1S/C14H18N2S2/c1-9-14(18-11(3)15-9)10(2)16-12-6-5-7-13(8-12)17-4/h5-8,10,16H,1-4H3. The van der Waals surface area contributed by atoms with E-state index in [0.29, 0.717) is 6.04 Å². The Labute approximate surface area is 117 Å². The van der Waals surface area contributed by atoms with E-state index in [0.717, 1.165) is 10.7 Å². The molecule has 1 N–H and O–H groups in total. The van der Waals surface area contributed by atoms with E-state index in [1.54, 1.807) is 23.1 Å². The zero-order valence-corrected chi connectivity index (χ0v) is 12.8. The van der Waals surface area contributed by atoms with Crippen LogP contribution in [0.1, 0.15) is 28.5 Å². The maximum absolute atomic E-state index is 4.48. The van der Waals surface area contributed by atoms with Gasteiger partial charge < -0.3 is 5.32 Å². The highest BCUT2D eigenvalue weighted by atomic mass is 32.2. The van der Waals surface area contributed by atoms with Gasteiger partial charge in [0.05, 0.1) is 16.7 Å². The predicted octanol–water partition coefficient (Wildman–Crippen LogP) is 4.65. The summed E-state index contributed by atoms with van der Waals surface area (Å²) in [5.74, 6) is 0. The molecule has 0 radical (unpaired) electrons. The Hall–Kier alpha value is -1.00. The topological polar surface area (TPSA) is 24.9 Å². The largest absolute Gasteiger partial charge is 0.378 e. The van der Waals surface area contributed by atoms with Crippen molar-refractivity contribution in [3.8, 4) is 0 Å². The van der Waals surface area contributed by atoms with Crippen molar-refractivity contribution in [2.75, 3.05) is 11.6 Å². The number of aromatic nitrogens is 1. The fraction of sp³-hybridized carbons (Fsp3) is 0.357. The third-order valence-electron chi connectivity index (χ3n) is 2.79. The molecule has 1 unspecified atom stereocenters. The van der Waals surface area contributed by atoms with Gasteiger partial charge in [0.15, 0.2) is 0 Å². The minimum absolute atomic E-state index is 0.299. The van der Waals surface area contributed by atoms with E-state index in [2.05, 4.69) is 61.6 Å². The van der Waals surface area contributed by atoms with Gasteiger partial charge in [0.1, 0.15) is 0 Å². The Balaban J connectivity index is 2.15. The summed E-state index contributed by atoms with van der Waals surface area (Å²) in [4.78, 5) is 7.09. The molecule has 2 aromatic rings. The van der Waals surface area contributed by atoms with Crippen molar-refractivity contribution in [3.63, 3.8) is 0 Å². The second-order valence-electron chi connectivity index (χ2n) is 4.28. The van der Waals surface area contributed by atoms with Crippen molar-refractivity contribution in [1.29, 1.82) is 0 Å². The van der Waals surface area contributed by atoms with E-state index < -0.39 is 0 Å². The van der Waals surface area contributed by atoms with Crippen LogP contribution >= 0.6 is 23.1 Å². The molecule has 0 aliphatic heterocycles. The van der Waals surface area contributed by atoms with Crippen LogP contribution in [0, 0.1) is 13.8 Å². The van der Waals surface area contributed by atoms with Gasteiger partial charge in [-0.3, -0.25) is 0 Å². The smallest absolute Gasteiger partial charge is 0.0900 e. The van der Waals surface area contributed by atoms with Crippen molar-refractivity contribution in [2.24, 2.45) is 0 Å². The molecule has 0 aliphatic carbocycles. The van der Waals surface area contributed by atoms with Crippen molar-refractivity contribution in [1.82, 2.24) is 4.98 Å². The third-order valence-corrected chi connectivity index (χ3v) is 4.77. The molecule has 96 valence electrons. The van der Waals surface area contributed by atoms with Crippen LogP contribution in [0.15, 0.2) is 29.2 Å². The van der Waals surface area contributed by atoms with Crippen LogP contribution in [-0.2, 0) is 0 Å². The monoisotopic (exact) mass is 278 g/mol. The molecule has 2 rings (SSSR count). The number of hydrogen-bond acceptors (Lipinski definition) is 4. The number of hydrogen-bond donors (Lipinski definition) is 1. The van der Waals surface area contributed by atoms with Crippen molar-refractivity contribution < 1.29 is 0 Å². The lowest BCUT2D eigenvalue weighted by molar-refractivity contribution is 0.889. The molecule has 0 amide bonds. The number of benzene rings is 1. The minimum atomic E-state index is 0.299. The fourth-order valence-corrected chi connectivity index (χ4v) is 3.37. The summed E-state index contributed by atoms with van der Waals surface area (Å²) in [6, 6.07) is 8.81. The SMILES string of the molecule is CSc1cccc(NC(C)c2sc(C)nc2C)c1. The Morgan fingerprint density at radius 2 is 2.11 bits per heavy atom. The normalized spacial score (nSPS) is 12.4. The molecule has 1 heterocycles. The number of thiazole rings is 1. The summed E-state index contributed by atoms with van der Waals surface area (Å²) in [6.45, 7) is 6.32. The van der Waals surface area contributed by atoms with Gasteiger partial charge in [-0.15, -0.1) is 23.1 Å². The number of anilines is 1. The molecule has 2 nitrogen and oxygen atoms in total. The maximum Gasteiger partial charge on any atom is 0.0900 e. The molecule has 1 aromatic carbocycles. The van der Waals surface area contributed by atoms with Gasteiger partial charge in [-0.2, -0.15) is 0 Å². The first-order chi connectivity index (χ1) is 8.60. The van der Waals surface area contributed by atoms with Crippen LogP contribution in [-0.4, -0.2) is 11.2 Å².